The average Bonchev–Trinajstić information content (AvgIpc) is 3.67. The highest BCUT2D eigenvalue weighted by Crippen LogP contribution is 2.32. The number of benzene rings is 2. The van der Waals surface area contributed by atoms with Crippen molar-refractivity contribution in [1.82, 2.24) is 15.1 Å². The first-order valence-corrected chi connectivity index (χ1v) is 14.7. The molecule has 2 aromatic carbocycles. The molecule has 3 heterocycles. The fraction of sp³-hybridized carbons (Fsp3) is 0.310. The van der Waals surface area contributed by atoms with Gasteiger partial charge in [-0.25, -0.2) is 0 Å². The summed E-state index contributed by atoms with van der Waals surface area (Å²) >= 11 is 2.98. The molecule has 0 spiro atoms. The zero-order chi connectivity index (χ0) is 26.6. The Balaban J connectivity index is 1.31. The number of thioether (sulfide) groups is 1. The molecule has 9 heteroatoms. The van der Waals surface area contributed by atoms with E-state index in [1.807, 2.05) is 60.8 Å². The SMILES string of the molecule is Cc1cccc(C(=O)N2CC(=O)[C@@H]3C2CCN3C(=O)C(CSCc2ccccc2)NC(=O)c2ccsc2)c1. The van der Waals surface area contributed by atoms with Gasteiger partial charge < -0.3 is 15.1 Å². The second-order valence-electron chi connectivity index (χ2n) is 9.64. The van der Waals surface area contributed by atoms with Crippen LogP contribution < -0.4 is 5.32 Å². The number of ketones is 1. The Kier molecular flexibility index (Phi) is 7.95. The van der Waals surface area contributed by atoms with Crippen molar-refractivity contribution < 1.29 is 19.2 Å². The maximum atomic E-state index is 13.8. The Morgan fingerprint density at radius 3 is 2.61 bits per heavy atom. The minimum Gasteiger partial charge on any atom is -0.339 e. The quantitative estimate of drug-likeness (QED) is 0.464. The molecule has 0 bridgehead atoms. The predicted molar refractivity (Wildman–Crippen MR) is 149 cm³/mol. The maximum absolute atomic E-state index is 13.8. The number of hydrogen-bond donors (Lipinski definition) is 1. The van der Waals surface area contributed by atoms with Crippen molar-refractivity contribution in [2.24, 2.45) is 0 Å². The van der Waals surface area contributed by atoms with Gasteiger partial charge in [-0.2, -0.15) is 23.1 Å². The normalized spacial score (nSPS) is 19.3. The molecule has 3 aromatic rings. The van der Waals surface area contributed by atoms with Gasteiger partial charge >= 0.3 is 0 Å². The Bertz CT molecular complexity index is 1330. The largest absolute Gasteiger partial charge is 0.339 e. The molecule has 2 fully saturated rings. The first-order chi connectivity index (χ1) is 18.4. The molecule has 2 aliphatic heterocycles. The molecule has 0 radical (unpaired) electrons. The van der Waals surface area contributed by atoms with Crippen molar-refractivity contribution in [3.05, 3.63) is 93.7 Å². The number of aryl methyl sites for hydroxylation is 1. The van der Waals surface area contributed by atoms with Crippen LogP contribution in [-0.4, -0.2) is 70.3 Å². The van der Waals surface area contributed by atoms with Crippen molar-refractivity contribution >= 4 is 46.6 Å². The Hall–Kier alpha value is -3.43. The molecule has 38 heavy (non-hydrogen) atoms. The predicted octanol–water partition coefficient (Wildman–Crippen LogP) is 3.78. The monoisotopic (exact) mass is 547 g/mol. The van der Waals surface area contributed by atoms with E-state index >= 15 is 0 Å². The first kappa shape index (κ1) is 26.2. The van der Waals surface area contributed by atoms with Gasteiger partial charge in [0.1, 0.15) is 12.1 Å². The molecule has 1 aromatic heterocycles. The van der Waals surface area contributed by atoms with E-state index in [2.05, 4.69) is 5.32 Å². The standard InChI is InChI=1S/C29H29N3O4S2/c1-19-6-5-9-21(14-19)28(35)32-15-25(33)26-24(32)10-12-31(26)29(36)23(30-27(34)22-11-13-37-17-22)18-38-16-20-7-3-2-4-8-20/h2-9,11,13-14,17,23-24,26H,10,12,15-16,18H2,1H3,(H,30,34)/t23?,24?,26-/m0/s1. The summed E-state index contributed by atoms with van der Waals surface area (Å²) in [5.74, 6) is 0.154. The van der Waals surface area contributed by atoms with Crippen LogP contribution >= 0.6 is 23.1 Å². The van der Waals surface area contributed by atoms with E-state index in [0.717, 1.165) is 11.1 Å². The fourth-order valence-corrected chi connectivity index (χ4v) is 6.81. The van der Waals surface area contributed by atoms with Crippen LogP contribution in [0.15, 0.2) is 71.4 Å². The lowest BCUT2D eigenvalue weighted by atomic mass is 10.1. The number of likely N-dealkylation sites (tertiary alicyclic amines) is 2. The first-order valence-electron chi connectivity index (χ1n) is 12.6. The Morgan fingerprint density at radius 2 is 1.87 bits per heavy atom. The van der Waals surface area contributed by atoms with Crippen molar-refractivity contribution in [3.63, 3.8) is 0 Å². The van der Waals surface area contributed by atoms with Gasteiger partial charge in [-0.15, -0.1) is 0 Å². The van der Waals surface area contributed by atoms with E-state index in [9.17, 15) is 19.2 Å². The van der Waals surface area contributed by atoms with Crippen LogP contribution in [-0.2, 0) is 15.3 Å². The summed E-state index contributed by atoms with van der Waals surface area (Å²) in [6, 6.07) is 17.2. The van der Waals surface area contributed by atoms with Crippen molar-refractivity contribution in [2.45, 2.75) is 37.2 Å². The summed E-state index contributed by atoms with van der Waals surface area (Å²) in [6.07, 6.45) is 0.530. The lowest BCUT2D eigenvalue weighted by molar-refractivity contribution is -0.137. The van der Waals surface area contributed by atoms with Crippen LogP contribution in [0.25, 0.3) is 0 Å². The topological polar surface area (TPSA) is 86.8 Å². The third kappa shape index (κ3) is 5.54. The Labute approximate surface area is 230 Å². The minimum atomic E-state index is -0.788. The molecule has 2 aliphatic rings. The van der Waals surface area contributed by atoms with Gasteiger partial charge in [0.2, 0.25) is 5.91 Å². The van der Waals surface area contributed by atoms with Gasteiger partial charge in [-0.1, -0.05) is 48.0 Å². The van der Waals surface area contributed by atoms with Crippen molar-refractivity contribution in [1.29, 1.82) is 0 Å². The van der Waals surface area contributed by atoms with Crippen LogP contribution in [0.2, 0.25) is 0 Å². The number of nitrogens with zero attached hydrogens (tertiary/aromatic N) is 2. The summed E-state index contributed by atoms with van der Waals surface area (Å²) < 4.78 is 0. The molecule has 2 unspecified atom stereocenters. The number of amides is 3. The van der Waals surface area contributed by atoms with Crippen LogP contribution in [0.5, 0.6) is 0 Å². The molecule has 1 N–H and O–H groups in total. The number of fused-ring (bicyclic) bond motifs is 1. The fourth-order valence-electron chi connectivity index (χ4n) is 5.16. The van der Waals surface area contributed by atoms with Gasteiger partial charge in [0.05, 0.1) is 18.2 Å². The molecular formula is C29H29N3O4S2. The highest BCUT2D eigenvalue weighted by molar-refractivity contribution is 7.98. The number of nitrogens with one attached hydrogen (secondary N) is 1. The van der Waals surface area contributed by atoms with Crippen LogP contribution in [0.3, 0.4) is 0 Å². The zero-order valence-electron chi connectivity index (χ0n) is 21.0. The van der Waals surface area contributed by atoms with E-state index in [0.29, 0.717) is 35.6 Å². The number of carbonyl (C=O) groups excluding carboxylic acids is 4. The molecule has 0 aliphatic carbocycles. The molecule has 3 atom stereocenters. The summed E-state index contributed by atoms with van der Waals surface area (Å²) in [6.45, 7) is 2.28. The van der Waals surface area contributed by atoms with Gasteiger partial charge in [-0.3, -0.25) is 19.2 Å². The minimum absolute atomic E-state index is 0.0133. The smallest absolute Gasteiger partial charge is 0.254 e. The van der Waals surface area contributed by atoms with Crippen molar-refractivity contribution in [2.75, 3.05) is 18.8 Å². The number of rotatable bonds is 8. The van der Waals surface area contributed by atoms with Gasteiger partial charge in [0.15, 0.2) is 5.78 Å². The van der Waals surface area contributed by atoms with E-state index < -0.39 is 12.1 Å². The molecule has 3 amide bonds. The molecule has 2 saturated heterocycles. The van der Waals surface area contributed by atoms with Gasteiger partial charge in [-0.05, 0) is 42.5 Å². The summed E-state index contributed by atoms with van der Waals surface area (Å²) in [5.41, 5.74) is 3.15. The molecule has 7 nitrogen and oxygen atoms in total. The summed E-state index contributed by atoms with van der Waals surface area (Å²) in [4.78, 5) is 56.3. The lowest BCUT2D eigenvalue weighted by Gasteiger charge is -2.28. The number of carbonyl (C=O) groups is 4. The zero-order valence-corrected chi connectivity index (χ0v) is 22.7. The number of Topliss-reactive ketones (excluding diaryl/α,β-unsaturated/α-hetero) is 1. The average molecular weight is 548 g/mol. The third-order valence-electron chi connectivity index (χ3n) is 7.01. The van der Waals surface area contributed by atoms with E-state index in [1.165, 1.54) is 11.3 Å². The number of thiophene rings is 1. The number of hydrogen-bond acceptors (Lipinski definition) is 6. The molecular weight excluding hydrogens is 518 g/mol. The van der Waals surface area contributed by atoms with Crippen LogP contribution in [0.4, 0.5) is 0 Å². The van der Waals surface area contributed by atoms with Gasteiger partial charge in [0, 0.05) is 29.0 Å². The van der Waals surface area contributed by atoms with E-state index in [1.54, 1.807) is 39.1 Å². The van der Waals surface area contributed by atoms with Crippen LogP contribution in [0, 0.1) is 6.92 Å². The van der Waals surface area contributed by atoms with Gasteiger partial charge in [0.25, 0.3) is 11.8 Å². The summed E-state index contributed by atoms with van der Waals surface area (Å²) in [5, 5.41) is 6.47. The van der Waals surface area contributed by atoms with E-state index in [4.69, 9.17) is 0 Å². The third-order valence-corrected chi connectivity index (χ3v) is 8.80. The highest BCUT2D eigenvalue weighted by Gasteiger charge is 2.52. The molecule has 196 valence electrons. The molecule has 5 rings (SSSR count). The molecule has 0 saturated carbocycles. The van der Waals surface area contributed by atoms with E-state index in [-0.39, 0.29) is 36.1 Å². The Morgan fingerprint density at radius 1 is 1.05 bits per heavy atom. The second-order valence-corrected chi connectivity index (χ2v) is 11.5. The lowest BCUT2D eigenvalue weighted by Crippen LogP contribution is -2.53. The highest BCUT2D eigenvalue weighted by atomic mass is 32.2. The second kappa shape index (κ2) is 11.5. The maximum Gasteiger partial charge on any atom is 0.254 e. The van der Waals surface area contributed by atoms with Crippen LogP contribution in [0.1, 0.15) is 38.3 Å². The summed E-state index contributed by atoms with van der Waals surface area (Å²) in [7, 11) is 0. The van der Waals surface area contributed by atoms with Crippen molar-refractivity contribution in [3.8, 4) is 0 Å².